The summed E-state index contributed by atoms with van der Waals surface area (Å²) in [6.45, 7) is 6.27. The molecule has 0 amide bonds. The predicted octanol–water partition coefficient (Wildman–Crippen LogP) is 2.00. The molecule has 112 valence electrons. The number of nitrogens with zero attached hydrogens (tertiary/aromatic N) is 1. The van der Waals surface area contributed by atoms with Crippen LogP contribution in [0.3, 0.4) is 0 Å². The summed E-state index contributed by atoms with van der Waals surface area (Å²) >= 11 is 0. The van der Waals surface area contributed by atoms with Crippen molar-refractivity contribution in [3.8, 4) is 11.5 Å². The fraction of sp³-hybridized carbons (Fsp3) is 0.625. The first-order chi connectivity index (χ1) is 9.74. The third-order valence-corrected chi connectivity index (χ3v) is 4.09. The third kappa shape index (κ3) is 3.87. The summed E-state index contributed by atoms with van der Waals surface area (Å²) < 4.78 is 11.1. The van der Waals surface area contributed by atoms with Crippen molar-refractivity contribution in [2.45, 2.75) is 19.4 Å². The molecule has 0 bridgehead atoms. The summed E-state index contributed by atoms with van der Waals surface area (Å²) in [5.74, 6) is 2.32. The molecule has 1 aliphatic heterocycles. The molecular weight excluding hydrogens is 252 g/mol. The zero-order chi connectivity index (χ0) is 14.4. The van der Waals surface area contributed by atoms with Crippen molar-refractivity contribution in [1.29, 1.82) is 0 Å². The number of hydrogen-bond donors (Lipinski definition) is 1. The van der Waals surface area contributed by atoms with Gasteiger partial charge in [-0.1, -0.05) is 19.1 Å². The van der Waals surface area contributed by atoms with Gasteiger partial charge in [0.15, 0.2) is 11.5 Å². The molecular formula is C16H26N2O2. The number of hydrogen-bond acceptors (Lipinski definition) is 4. The lowest BCUT2D eigenvalue weighted by Crippen LogP contribution is -2.48. The van der Waals surface area contributed by atoms with Gasteiger partial charge in [0.2, 0.25) is 0 Å². The van der Waals surface area contributed by atoms with Crippen LogP contribution in [0.4, 0.5) is 0 Å². The number of rotatable bonds is 6. The van der Waals surface area contributed by atoms with E-state index in [2.05, 4.69) is 24.2 Å². The highest BCUT2D eigenvalue weighted by atomic mass is 16.5. The van der Waals surface area contributed by atoms with Gasteiger partial charge in [0.1, 0.15) is 6.61 Å². The smallest absolute Gasteiger partial charge is 0.161 e. The van der Waals surface area contributed by atoms with E-state index < -0.39 is 0 Å². The van der Waals surface area contributed by atoms with Crippen molar-refractivity contribution in [3.05, 3.63) is 24.3 Å². The van der Waals surface area contributed by atoms with Crippen molar-refractivity contribution in [1.82, 2.24) is 10.2 Å². The molecule has 1 aromatic carbocycles. The summed E-state index contributed by atoms with van der Waals surface area (Å²) in [5, 5.41) is 3.40. The normalized spacial score (nSPS) is 23.6. The van der Waals surface area contributed by atoms with Crippen LogP contribution in [-0.2, 0) is 0 Å². The highest BCUT2D eigenvalue weighted by molar-refractivity contribution is 5.39. The summed E-state index contributed by atoms with van der Waals surface area (Å²) in [5.41, 5.74) is 0. The van der Waals surface area contributed by atoms with Gasteiger partial charge in [0.25, 0.3) is 0 Å². The Morgan fingerprint density at radius 1 is 1.30 bits per heavy atom. The van der Waals surface area contributed by atoms with Crippen LogP contribution in [-0.4, -0.2) is 51.3 Å². The second kappa shape index (κ2) is 7.50. The topological polar surface area (TPSA) is 33.7 Å². The van der Waals surface area contributed by atoms with Crippen LogP contribution in [0.25, 0.3) is 0 Å². The van der Waals surface area contributed by atoms with E-state index in [9.17, 15) is 0 Å². The fourth-order valence-electron chi connectivity index (χ4n) is 2.89. The zero-order valence-electron chi connectivity index (χ0n) is 12.8. The molecule has 1 saturated heterocycles. The van der Waals surface area contributed by atoms with Crippen LogP contribution in [0.2, 0.25) is 0 Å². The van der Waals surface area contributed by atoms with Crippen LogP contribution in [0, 0.1) is 5.92 Å². The molecule has 0 aliphatic carbocycles. The van der Waals surface area contributed by atoms with Crippen molar-refractivity contribution in [2.75, 3.05) is 40.4 Å². The Balaban J connectivity index is 1.76. The Bertz CT molecular complexity index is 411. The molecule has 4 heteroatoms. The van der Waals surface area contributed by atoms with Crippen LogP contribution < -0.4 is 14.8 Å². The van der Waals surface area contributed by atoms with Crippen molar-refractivity contribution in [2.24, 2.45) is 5.92 Å². The molecule has 0 radical (unpaired) electrons. The Kier molecular flexibility index (Phi) is 5.68. The van der Waals surface area contributed by atoms with Crippen molar-refractivity contribution >= 4 is 0 Å². The molecule has 2 unspecified atom stereocenters. The fourth-order valence-corrected chi connectivity index (χ4v) is 2.89. The van der Waals surface area contributed by atoms with Crippen LogP contribution >= 0.6 is 0 Å². The molecule has 0 spiro atoms. The van der Waals surface area contributed by atoms with Gasteiger partial charge in [-0.15, -0.1) is 0 Å². The molecule has 0 saturated carbocycles. The first-order valence-electron chi connectivity index (χ1n) is 7.40. The average Bonchev–Trinajstić information content (AvgIpc) is 2.48. The maximum Gasteiger partial charge on any atom is 0.161 e. The number of benzene rings is 1. The lowest BCUT2D eigenvalue weighted by Gasteiger charge is -2.36. The first kappa shape index (κ1) is 15.1. The molecule has 20 heavy (non-hydrogen) atoms. The van der Waals surface area contributed by atoms with E-state index in [-0.39, 0.29) is 0 Å². The number of para-hydroxylation sites is 2. The molecule has 1 fully saturated rings. The Morgan fingerprint density at radius 2 is 2.05 bits per heavy atom. The van der Waals surface area contributed by atoms with Crippen LogP contribution in [0.1, 0.15) is 13.3 Å². The minimum Gasteiger partial charge on any atom is -0.493 e. The number of piperidine rings is 1. The molecule has 0 aromatic heterocycles. The number of ether oxygens (including phenoxy) is 2. The molecule has 1 N–H and O–H groups in total. The lowest BCUT2D eigenvalue weighted by molar-refractivity contribution is 0.129. The second-order valence-electron chi connectivity index (χ2n) is 5.46. The minimum absolute atomic E-state index is 0.654. The zero-order valence-corrected chi connectivity index (χ0v) is 12.8. The summed E-state index contributed by atoms with van der Waals surface area (Å²) in [7, 11) is 3.73. The second-order valence-corrected chi connectivity index (χ2v) is 5.46. The number of methoxy groups -OCH3 is 1. The SMILES string of the molecule is CNC1CCN(CCOc2ccccc2OC)CC1C. The van der Waals surface area contributed by atoms with E-state index in [0.29, 0.717) is 18.6 Å². The summed E-state index contributed by atoms with van der Waals surface area (Å²) in [6.07, 6.45) is 1.21. The van der Waals surface area contributed by atoms with Gasteiger partial charge in [0, 0.05) is 19.1 Å². The molecule has 1 aromatic rings. The van der Waals surface area contributed by atoms with Crippen molar-refractivity contribution in [3.63, 3.8) is 0 Å². The maximum absolute atomic E-state index is 5.84. The quantitative estimate of drug-likeness (QED) is 0.863. The minimum atomic E-state index is 0.654. The third-order valence-electron chi connectivity index (χ3n) is 4.09. The van der Waals surface area contributed by atoms with Gasteiger partial charge in [-0.05, 0) is 38.1 Å². The molecule has 2 rings (SSSR count). The van der Waals surface area contributed by atoms with Crippen LogP contribution in [0.15, 0.2) is 24.3 Å². The van der Waals surface area contributed by atoms with E-state index >= 15 is 0 Å². The van der Waals surface area contributed by atoms with E-state index in [0.717, 1.165) is 31.1 Å². The average molecular weight is 278 g/mol. The highest BCUT2D eigenvalue weighted by Gasteiger charge is 2.24. The van der Waals surface area contributed by atoms with Crippen molar-refractivity contribution < 1.29 is 9.47 Å². The van der Waals surface area contributed by atoms with Gasteiger partial charge in [-0.25, -0.2) is 0 Å². The van der Waals surface area contributed by atoms with Gasteiger partial charge in [0.05, 0.1) is 7.11 Å². The number of likely N-dealkylation sites (tertiary alicyclic amines) is 1. The van der Waals surface area contributed by atoms with Gasteiger partial charge < -0.3 is 14.8 Å². The van der Waals surface area contributed by atoms with E-state index in [4.69, 9.17) is 9.47 Å². The summed E-state index contributed by atoms with van der Waals surface area (Å²) in [4.78, 5) is 2.48. The van der Waals surface area contributed by atoms with Gasteiger partial charge >= 0.3 is 0 Å². The maximum atomic E-state index is 5.84. The monoisotopic (exact) mass is 278 g/mol. The summed E-state index contributed by atoms with van der Waals surface area (Å²) in [6, 6.07) is 8.46. The highest BCUT2D eigenvalue weighted by Crippen LogP contribution is 2.25. The first-order valence-corrected chi connectivity index (χ1v) is 7.40. The molecule has 4 nitrogen and oxygen atoms in total. The van der Waals surface area contributed by atoms with Gasteiger partial charge in [-0.3, -0.25) is 4.90 Å². The van der Waals surface area contributed by atoms with Gasteiger partial charge in [-0.2, -0.15) is 0 Å². The predicted molar refractivity (Wildman–Crippen MR) is 81.6 cm³/mol. The molecule has 2 atom stereocenters. The standard InChI is InChI=1S/C16H26N2O2/c1-13-12-18(9-8-14(13)17-2)10-11-20-16-7-5-4-6-15(16)19-3/h4-7,13-14,17H,8-12H2,1-3H3. The Hall–Kier alpha value is -1.26. The largest absolute Gasteiger partial charge is 0.493 e. The molecule has 1 aliphatic rings. The van der Waals surface area contributed by atoms with E-state index in [1.54, 1.807) is 7.11 Å². The lowest BCUT2D eigenvalue weighted by atomic mass is 9.94. The van der Waals surface area contributed by atoms with E-state index in [1.807, 2.05) is 24.3 Å². The Morgan fingerprint density at radius 3 is 2.70 bits per heavy atom. The molecule has 1 heterocycles. The van der Waals surface area contributed by atoms with E-state index in [1.165, 1.54) is 6.42 Å². The van der Waals surface area contributed by atoms with Crippen LogP contribution in [0.5, 0.6) is 11.5 Å². The Labute approximate surface area is 122 Å². The number of nitrogens with one attached hydrogen (secondary N) is 1.